The normalized spacial score (nSPS) is 12.4. The zero-order valence-electron chi connectivity index (χ0n) is 16.3. The van der Waals surface area contributed by atoms with Crippen LogP contribution in [0.2, 0.25) is 0 Å². The molecule has 0 fully saturated rings. The molecule has 0 radical (unpaired) electrons. The first-order valence-electron chi connectivity index (χ1n) is 9.19. The van der Waals surface area contributed by atoms with Crippen molar-refractivity contribution in [3.05, 3.63) is 76.7 Å². The Balaban J connectivity index is 1.95. The topological polar surface area (TPSA) is 86.3 Å². The van der Waals surface area contributed by atoms with Gasteiger partial charge in [-0.15, -0.1) is 5.10 Å². The van der Waals surface area contributed by atoms with E-state index in [0.717, 1.165) is 16.7 Å². The van der Waals surface area contributed by atoms with E-state index in [1.807, 2.05) is 0 Å². The van der Waals surface area contributed by atoms with Crippen LogP contribution in [0, 0.1) is 5.82 Å². The monoisotopic (exact) mass is 466 g/mol. The Hall–Kier alpha value is -3.54. The SMILES string of the molecule is CCS(=O)(=O)c1cc(-c2ccc(F)cc2)cnc1-n1nc2cc(C(F)(F)F)ccn2c1=O. The Morgan fingerprint density at radius 3 is 2.34 bits per heavy atom. The van der Waals surface area contributed by atoms with Gasteiger partial charge in [-0.2, -0.15) is 17.9 Å². The van der Waals surface area contributed by atoms with E-state index in [0.29, 0.717) is 21.9 Å². The van der Waals surface area contributed by atoms with Crippen molar-refractivity contribution in [2.75, 3.05) is 5.75 Å². The lowest BCUT2D eigenvalue weighted by Gasteiger charge is -2.10. The molecule has 0 atom stereocenters. The number of alkyl halides is 3. The maximum Gasteiger partial charge on any atom is 0.416 e. The van der Waals surface area contributed by atoms with Gasteiger partial charge in [-0.3, -0.25) is 0 Å². The van der Waals surface area contributed by atoms with Crippen molar-refractivity contribution in [2.24, 2.45) is 0 Å². The molecule has 12 heteroatoms. The van der Waals surface area contributed by atoms with Crippen LogP contribution in [-0.4, -0.2) is 33.3 Å². The van der Waals surface area contributed by atoms with Crippen LogP contribution in [0.3, 0.4) is 0 Å². The average molecular weight is 466 g/mol. The molecular weight excluding hydrogens is 452 g/mol. The number of benzene rings is 1. The molecule has 1 aromatic carbocycles. The number of pyridine rings is 2. The van der Waals surface area contributed by atoms with E-state index in [2.05, 4.69) is 10.1 Å². The lowest BCUT2D eigenvalue weighted by atomic mass is 10.1. The minimum absolute atomic E-state index is 0.325. The molecule has 0 aliphatic rings. The number of rotatable bonds is 4. The summed E-state index contributed by atoms with van der Waals surface area (Å²) >= 11 is 0. The van der Waals surface area contributed by atoms with Gasteiger partial charge in [-0.25, -0.2) is 27.0 Å². The summed E-state index contributed by atoms with van der Waals surface area (Å²) in [4.78, 5) is 16.5. The third kappa shape index (κ3) is 3.77. The van der Waals surface area contributed by atoms with Crippen molar-refractivity contribution in [3.63, 3.8) is 0 Å². The van der Waals surface area contributed by atoms with Gasteiger partial charge < -0.3 is 0 Å². The third-order valence-corrected chi connectivity index (χ3v) is 6.51. The van der Waals surface area contributed by atoms with Crippen molar-refractivity contribution >= 4 is 15.5 Å². The van der Waals surface area contributed by atoms with Crippen LogP contribution in [0.1, 0.15) is 12.5 Å². The molecule has 0 saturated heterocycles. The number of halogens is 4. The Bertz CT molecular complexity index is 1490. The van der Waals surface area contributed by atoms with Gasteiger partial charge in [0.25, 0.3) is 0 Å². The lowest BCUT2D eigenvalue weighted by molar-refractivity contribution is -0.137. The van der Waals surface area contributed by atoms with Crippen LogP contribution in [0.25, 0.3) is 22.6 Å². The molecular formula is C20H14F4N4O3S. The van der Waals surface area contributed by atoms with Crippen LogP contribution in [0.5, 0.6) is 0 Å². The summed E-state index contributed by atoms with van der Waals surface area (Å²) in [7, 11) is -3.93. The van der Waals surface area contributed by atoms with Gasteiger partial charge in [0.05, 0.1) is 11.3 Å². The number of fused-ring (bicyclic) bond motifs is 1. The van der Waals surface area contributed by atoms with Gasteiger partial charge in [-0.1, -0.05) is 19.1 Å². The molecule has 0 saturated carbocycles. The Morgan fingerprint density at radius 1 is 1.03 bits per heavy atom. The van der Waals surface area contributed by atoms with Crippen molar-refractivity contribution in [1.82, 2.24) is 19.2 Å². The molecule has 0 unspecified atom stereocenters. The van der Waals surface area contributed by atoms with Gasteiger partial charge in [0.2, 0.25) is 0 Å². The van der Waals surface area contributed by atoms with Crippen LogP contribution < -0.4 is 5.69 Å². The fraction of sp³-hybridized carbons (Fsp3) is 0.150. The summed E-state index contributed by atoms with van der Waals surface area (Å²) in [5.74, 6) is -1.15. The largest absolute Gasteiger partial charge is 0.416 e. The second-order valence-electron chi connectivity index (χ2n) is 6.79. The quantitative estimate of drug-likeness (QED) is 0.430. The predicted molar refractivity (Wildman–Crippen MR) is 107 cm³/mol. The smallest absolute Gasteiger partial charge is 0.250 e. The van der Waals surface area contributed by atoms with E-state index >= 15 is 0 Å². The maximum atomic E-state index is 13.2. The number of aromatic nitrogens is 4. The zero-order chi connectivity index (χ0) is 23.3. The Labute approximate surface area is 178 Å². The molecule has 7 nitrogen and oxygen atoms in total. The number of nitrogens with zero attached hydrogens (tertiary/aromatic N) is 4. The van der Waals surface area contributed by atoms with Crippen LogP contribution >= 0.6 is 0 Å². The van der Waals surface area contributed by atoms with Crippen molar-refractivity contribution in [1.29, 1.82) is 0 Å². The molecule has 4 aromatic rings. The van der Waals surface area contributed by atoms with Crippen molar-refractivity contribution < 1.29 is 26.0 Å². The second-order valence-corrected chi connectivity index (χ2v) is 9.04. The van der Waals surface area contributed by atoms with E-state index in [1.165, 1.54) is 43.5 Å². The van der Waals surface area contributed by atoms with Crippen LogP contribution in [0.15, 0.2) is 64.5 Å². The van der Waals surface area contributed by atoms with Gasteiger partial charge in [0.1, 0.15) is 10.7 Å². The summed E-state index contributed by atoms with van der Waals surface area (Å²) in [5.41, 5.74) is -1.40. The molecule has 0 aliphatic heterocycles. The molecule has 0 aliphatic carbocycles. The lowest BCUT2D eigenvalue weighted by Crippen LogP contribution is -2.23. The molecule has 3 heterocycles. The van der Waals surface area contributed by atoms with Crippen LogP contribution in [0.4, 0.5) is 17.6 Å². The number of hydrogen-bond donors (Lipinski definition) is 0. The number of sulfone groups is 1. The Kier molecular flexibility index (Phi) is 5.12. The molecule has 3 aromatic heterocycles. The summed E-state index contributed by atoms with van der Waals surface area (Å²) in [6.07, 6.45) is -2.47. The van der Waals surface area contributed by atoms with E-state index in [4.69, 9.17) is 0 Å². The molecule has 4 rings (SSSR count). The zero-order valence-corrected chi connectivity index (χ0v) is 17.2. The third-order valence-electron chi connectivity index (χ3n) is 4.78. The summed E-state index contributed by atoms with van der Waals surface area (Å²) in [6, 6.07) is 7.93. The first-order valence-corrected chi connectivity index (χ1v) is 10.8. The van der Waals surface area contributed by atoms with Gasteiger partial charge in [0, 0.05) is 18.0 Å². The predicted octanol–water partition coefficient (Wildman–Crippen LogP) is 3.50. The first kappa shape index (κ1) is 21.7. The van der Waals surface area contributed by atoms with Crippen LogP contribution in [-0.2, 0) is 16.0 Å². The standard InChI is InChI=1S/C20H14F4N4O3S/c1-2-32(30,31)16-9-13(12-3-5-15(21)6-4-12)11-25-18(16)28-19(29)27-8-7-14(20(22,23)24)10-17(27)26-28/h3-11H,2H2,1H3. The molecule has 0 amide bonds. The minimum atomic E-state index is -4.65. The fourth-order valence-electron chi connectivity index (χ4n) is 3.07. The molecule has 166 valence electrons. The number of hydrogen-bond acceptors (Lipinski definition) is 5. The first-order chi connectivity index (χ1) is 15.0. The highest BCUT2D eigenvalue weighted by atomic mass is 32.2. The molecule has 0 spiro atoms. The van der Waals surface area contributed by atoms with E-state index in [9.17, 15) is 30.8 Å². The minimum Gasteiger partial charge on any atom is -0.250 e. The highest BCUT2D eigenvalue weighted by molar-refractivity contribution is 7.91. The average Bonchev–Trinajstić information content (AvgIpc) is 3.09. The molecule has 0 N–H and O–H groups in total. The van der Waals surface area contributed by atoms with E-state index in [-0.39, 0.29) is 22.1 Å². The summed E-state index contributed by atoms with van der Waals surface area (Å²) in [5, 5.41) is 3.87. The summed E-state index contributed by atoms with van der Waals surface area (Å²) < 4.78 is 79.2. The second kappa shape index (κ2) is 7.55. The van der Waals surface area contributed by atoms with Gasteiger partial charge in [-0.05, 0) is 35.9 Å². The van der Waals surface area contributed by atoms with E-state index < -0.39 is 33.1 Å². The molecule has 0 bridgehead atoms. The molecule has 32 heavy (non-hydrogen) atoms. The highest BCUT2D eigenvalue weighted by Gasteiger charge is 2.31. The van der Waals surface area contributed by atoms with Crippen molar-refractivity contribution in [3.8, 4) is 16.9 Å². The van der Waals surface area contributed by atoms with Crippen molar-refractivity contribution in [2.45, 2.75) is 18.0 Å². The Morgan fingerprint density at radius 2 is 1.72 bits per heavy atom. The van der Waals surface area contributed by atoms with Gasteiger partial charge >= 0.3 is 11.9 Å². The van der Waals surface area contributed by atoms with Gasteiger partial charge in [0.15, 0.2) is 21.3 Å². The van der Waals surface area contributed by atoms with E-state index in [1.54, 1.807) is 0 Å². The maximum absolute atomic E-state index is 13.2. The highest BCUT2D eigenvalue weighted by Crippen LogP contribution is 2.30. The fourth-order valence-corrected chi connectivity index (χ4v) is 4.10. The summed E-state index contributed by atoms with van der Waals surface area (Å²) in [6.45, 7) is 1.39.